The van der Waals surface area contributed by atoms with Crippen LogP contribution < -0.4 is 5.32 Å². The average Bonchev–Trinajstić information content (AvgIpc) is 3.21. The maximum absolute atomic E-state index is 12.4. The van der Waals surface area contributed by atoms with Crippen LogP contribution in [0.2, 0.25) is 0 Å². The first-order valence-electron chi connectivity index (χ1n) is 9.52. The van der Waals surface area contributed by atoms with Crippen LogP contribution in [-0.2, 0) is 19.0 Å². The molecule has 2 aliphatic rings. The SMILES string of the molecule is CC1(C)OCC(C(NC(=O)OCC2c3ccccc3-c3ccccc32)C(=O)O)O1. The molecule has 152 valence electrons. The highest BCUT2D eigenvalue weighted by molar-refractivity contribution is 5.81. The number of benzene rings is 2. The van der Waals surface area contributed by atoms with Gasteiger partial charge in [-0.2, -0.15) is 0 Å². The summed E-state index contributed by atoms with van der Waals surface area (Å²) in [6.07, 6.45) is -1.59. The second-order valence-corrected chi connectivity index (χ2v) is 7.65. The van der Waals surface area contributed by atoms with Crippen molar-refractivity contribution in [3.8, 4) is 11.1 Å². The van der Waals surface area contributed by atoms with E-state index in [2.05, 4.69) is 5.32 Å². The molecule has 1 heterocycles. The summed E-state index contributed by atoms with van der Waals surface area (Å²) in [7, 11) is 0. The Labute approximate surface area is 168 Å². The van der Waals surface area contributed by atoms with Crippen molar-refractivity contribution in [1.29, 1.82) is 0 Å². The maximum Gasteiger partial charge on any atom is 0.407 e. The molecule has 29 heavy (non-hydrogen) atoms. The normalized spacial score (nSPS) is 20.6. The second kappa shape index (κ2) is 7.50. The summed E-state index contributed by atoms with van der Waals surface area (Å²) in [6, 6.07) is 14.8. The van der Waals surface area contributed by atoms with Gasteiger partial charge in [0.25, 0.3) is 0 Å². The quantitative estimate of drug-likeness (QED) is 0.805. The number of nitrogens with one attached hydrogen (secondary N) is 1. The van der Waals surface area contributed by atoms with Crippen LogP contribution >= 0.6 is 0 Å². The van der Waals surface area contributed by atoms with Gasteiger partial charge in [0.2, 0.25) is 0 Å². The molecule has 2 aromatic rings. The molecule has 1 fully saturated rings. The van der Waals surface area contributed by atoms with Gasteiger partial charge in [-0.25, -0.2) is 9.59 Å². The third kappa shape index (κ3) is 3.83. The van der Waals surface area contributed by atoms with Gasteiger partial charge in [0.15, 0.2) is 11.8 Å². The Morgan fingerprint density at radius 1 is 1.14 bits per heavy atom. The molecule has 0 spiro atoms. The number of hydrogen-bond acceptors (Lipinski definition) is 5. The molecular weight excluding hydrogens is 374 g/mol. The van der Waals surface area contributed by atoms with E-state index in [9.17, 15) is 14.7 Å². The van der Waals surface area contributed by atoms with E-state index in [-0.39, 0.29) is 19.1 Å². The van der Waals surface area contributed by atoms with Crippen LogP contribution in [0.5, 0.6) is 0 Å². The number of carboxylic acids is 1. The minimum Gasteiger partial charge on any atom is -0.480 e. The Balaban J connectivity index is 1.44. The van der Waals surface area contributed by atoms with Gasteiger partial charge in [0.05, 0.1) is 6.61 Å². The zero-order valence-electron chi connectivity index (χ0n) is 16.3. The van der Waals surface area contributed by atoms with Gasteiger partial charge in [-0.1, -0.05) is 48.5 Å². The standard InChI is InChI=1S/C22H23NO6/c1-22(2)28-12-18(29-22)19(20(24)25)23-21(26)27-11-17-15-9-5-3-7-13(15)14-8-4-6-10-16(14)17/h3-10,17-19H,11-12H2,1-2H3,(H,23,26)(H,24,25). The van der Waals surface area contributed by atoms with E-state index < -0.39 is 30.0 Å². The maximum atomic E-state index is 12.4. The van der Waals surface area contributed by atoms with Crippen molar-refractivity contribution < 1.29 is 28.9 Å². The number of carbonyl (C=O) groups is 2. The number of alkyl carbamates (subject to hydrolysis) is 1. The van der Waals surface area contributed by atoms with Crippen molar-refractivity contribution in [1.82, 2.24) is 5.32 Å². The van der Waals surface area contributed by atoms with E-state index in [4.69, 9.17) is 14.2 Å². The molecule has 2 atom stereocenters. The van der Waals surface area contributed by atoms with Crippen LogP contribution in [-0.4, -0.2) is 48.3 Å². The number of carboxylic acid groups (broad SMARTS) is 1. The molecule has 1 amide bonds. The molecule has 1 saturated heterocycles. The lowest BCUT2D eigenvalue weighted by Gasteiger charge is -2.22. The lowest BCUT2D eigenvalue weighted by Crippen LogP contribution is -2.50. The van der Waals surface area contributed by atoms with Gasteiger partial charge in [-0.3, -0.25) is 0 Å². The first-order valence-corrected chi connectivity index (χ1v) is 9.52. The van der Waals surface area contributed by atoms with Gasteiger partial charge in [0.1, 0.15) is 12.7 Å². The molecule has 0 bridgehead atoms. The predicted octanol–water partition coefficient (Wildman–Crippen LogP) is 3.13. The molecule has 2 aromatic carbocycles. The summed E-state index contributed by atoms with van der Waals surface area (Å²) >= 11 is 0. The smallest absolute Gasteiger partial charge is 0.407 e. The third-order valence-electron chi connectivity index (χ3n) is 5.29. The highest BCUT2D eigenvalue weighted by atomic mass is 16.7. The number of rotatable bonds is 5. The molecule has 7 heteroatoms. The fourth-order valence-electron chi connectivity index (χ4n) is 3.96. The molecule has 2 N–H and O–H groups in total. The van der Waals surface area contributed by atoms with Crippen LogP contribution in [0, 0.1) is 0 Å². The minimum atomic E-state index is -1.26. The predicted molar refractivity (Wildman–Crippen MR) is 105 cm³/mol. The minimum absolute atomic E-state index is 0.0770. The van der Waals surface area contributed by atoms with E-state index >= 15 is 0 Å². The molecule has 7 nitrogen and oxygen atoms in total. The monoisotopic (exact) mass is 397 g/mol. The average molecular weight is 397 g/mol. The summed E-state index contributed by atoms with van der Waals surface area (Å²) in [6.45, 7) is 3.58. The molecule has 0 saturated carbocycles. The Kier molecular flexibility index (Phi) is 5.02. The number of fused-ring (bicyclic) bond motifs is 3. The Hall–Kier alpha value is -2.90. The summed E-state index contributed by atoms with van der Waals surface area (Å²) in [5.41, 5.74) is 4.43. The molecule has 1 aliphatic carbocycles. The van der Waals surface area contributed by atoms with E-state index in [1.807, 2.05) is 48.5 Å². The van der Waals surface area contributed by atoms with Gasteiger partial charge in [-0.05, 0) is 36.1 Å². The highest BCUT2D eigenvalue weighted by Crippen LogP contribution is 2.44. The molecule has 0 radical (unpaired) electrons. The number of amides is 1. The number of hydrogen-bond donors (Lipinski definition) is 2. The molecule has 1 aliphatic heterocycles. The zero-order chi connectivity index (χ0) is 20.6. The summed E-state index contributed by atoms with van der Waals surface area (Å²) in [4.78, 5) is 24.0. The van der Waals surface area contributed by atoms with E-state index in [1.165, 1.54) is 0 Å². The Morgan fingerprint density at radius 2 is 1.72 bits per heavy atom. The van der Waals surface area contributed by atoms with Gasteiger partial charge in [0, 0.05) is 5.92 Å². The van der Waals surface area contributed by atoms with Crippen LogP contribution in [0.25, 0.3) is 11.1 Å². The van der Waals surface area contributed by atoms with Crippen LogP contribution in [0.3, 0.4) is 0 Å². The molecule has 4 rings (SSSR count). The second-order valence-electron chi connectivity index (χ2n) is 7.65. The van der Waals surface area contributed by atoms with E-state index in [1.54, 1.807) is 13.8 Å². The lowest BCUT2D eigenvalue weighted by atomic mass is 9.98. The van der Waals surface area contributed by atoms with Crippen LogP contribution in [0.15, 0.2) is 48.5 Å². The third-order valence-corrected chi connectivity index (χ3v) is 5.29. The molecular formula is C22H23NO6. The topological polar surface area (TPSA) is 94.1 Å². The van der Waals surface area contributed by atoms with Crippen molar-refractivity contribution in [2.75, 3.05) is 13.2 Å². The van der Waals surface area contributed by atoms with Crippen molar-refractivity contribution in [3.63, 3.8) is 0 Å². The highest BCUT2D eigenvalue weighted by Gasteiger charge is 2.41. The van der Waals surface area contributed by atoms with Crippen molar-refractivity contribution >= 4 is 12.1 Å². The van der Waals surface area contributed by atoms with Crippen LogP contribution in [0.4, 0.5) is 4.79 Å². The van der Waals surface area contributed by atoms with Crippen LogP contribution in [0.1, 0.15) is 30.9 Å². The van der Waals surface area contributed by atoms with Gasteiger partial charge >= 0.3 is 12.1 Å². The lowest BCUT2D eigenvalue weighted by molar-refractivity contribution is -0.154. The Bertz CT molecular complexity index is 895. The van der Waals surface area contributed by atoms with E-state index in [0.29, 0.717) is 0 Å². The summed E-state index contributed by atoms with van der Waals surface area (Å²) in [5, 5.41) is 11.9. The number of ether oxygens (including phenoxy) is 3. The zero-order valence-corrected chi connectivity index (χ0v) is 16.3. The molecule has 2 unspecified atom stereocenters. The largest absolute Gasteiger partial charge is 0.480 e. The Morgan fingerprint density at radius 3 is 2.24 bits per heavy atom. The van der Waals surface area contributed by atoms with E-state index in [0.717, 1.165) is 22.3 Å². The summed E-state index contributed by atoms with van der Waals surface area (Å²) < 4.78 is 16.4. The number of carbonyl (C=O) groups excluding carboxylic acids is 1. The van der Waals surface area contributed by atoms with Gasteiger partial charge in [-0.15, -0.1) is 0 Å². The molecule has 0 aromatic heterocycles. The van der Waals surface area contributed by atoms with Crippen molar-refractivity contribution in [3.05, 3.63) is 59.7 Å². The first-order chi connectivity index (χ1) is 13.9. The van der Waals surface area contributed by atoms with Crippen molar-refractivity contribution in [2.45, 2.75) is 37.7 Å². The van der Waals surface area contributed by atoms with Crippen molar-refractivity contribution in [2.24, 2.45) is 0 Å². The fraction of sp³-hybridized carbons (Fsp3) is 0.364. The fourth-order valence-corrected chi connectivity index (χ4v) is 3.96. The summed E-state index contributed by atoms with van der Waals surface area (Å²) in [5.74, 6) is -2.19. The number of aliphatic carboxylic acids is 1. The van der Waals surface area contributed by atoms with Gasteiger partial charge < -0.3 is 24.6 Å². The first kappa shape index (κ1) is 19.4.